The molecule has 1 aromatic rings. The summed E-state index contributed by atoms with van der Waals surface area (Å²) in [7, 11) is 0. The molecular weight excluding hydrogens is 410 g/mol. The Morgan fingerprint density at radius 2 is 2.14 bits per heavy atom. The number of nitrogens with one attached hydrogen (secondary N) is 1. The van der Waals surface area contributed by atoms with Crippen LogP contribution in [0.4, 0.5) is 10.5 Å². The highest BCUT2D eigenvalue weighted by molar-refractivity contribution is 7.80. The van der Waals surface area contributed by atoms with Gasteiger partial charge in [0.05, 0.1) is 28.4 Å². The minimum absolute atomic E-state index is 0.0422. The summed E-state index contributed by atoms with van der Waals surface area (Å²) in [6, 6.07) is 4.15. The van der Waals surface area contributed by atoms with Gasteiger partial charge in [0.2, 0.25) is 0 Å². The van der Waals surface area contributed by atoms with Gasteiger partial charge in [-0.2, -0.15) is 5.26 Å². The average molecular weight is 432 g/mol. The van der Waals surface area contributed by atoms with Gasteiger partial charge in [-0.3, -0.25) is 4.79 Å². The second-order valence-electron chi connectivity index (χ2n) is 8.18. The van der Waals surface area contributed by atoms with Gasteiger partial charge < -0.3 is 15.1 Å². The SMILES string of the molecule is Cc1c(N2C(=O)[C@H]3C4CC(CN4C(=S)NCC(C)C)N3C2=O)ccc(C#N)c1Cl. The first kappa shape index (κ1) is 19.9. The number of hydrogen-bond acceptors (Lipinski definition) is 4. The number of halogens is 1. The second-order valence-corrected chi connectivity index (χ2v) is 8.95. The topological polar surface area (TPSA) is 79.7 Å². The summed E-state index contributed by atoms with van der Waals surface area (Å²) in [4.78, 5) is 31.4. The maximum atomic E-state index is 13.3. The van der Waals surface area contributed by atoms with Crippen molar-refractivity contribution in [1.29, 1.82) is 5.26 Å². The highest BCUT2D eigenvalue weighted by Crippen LogP contribution is 2.43. The number of likely N-dealkylation sites (tertiary alicyclic amines) is 1. The van der Waals surface area contributed by atoms with Crippen LogP contribution in [0.3, 0.4) is 0 Å². The van der Waals surface area contributed by atoms with Crippen LogP contribution in [0.5, 0.6) is 0 Å². The van der Waals surface area contributed by atoms with E-state index >= 15 is 0 Å². The fourth-order valence-electron chi connectivity index (χ4n) is 4.51. The molecule has 7 nitrogen and oxygen atoms in total. The van der Waals surface area contributed by atoms with E-state index in [9.17, 15) is 9.59 Å². The number of carbonyl (C=O) groups is 2. The summed E-state index contributed by atoms with van der Waals surface area (Å²) in [5.74, 6) is 0.196. The van der Waals surface area contributed by atoms with E-state index in [0.29, 0.717) is 34.4 Å². The third kappa shape index (κ3) is 2.95. The molecule has 2 bridgehead atoms. The number of anilines is 1. The van der Waals surface area contributed by atoms with Crippen LogP contribution in [0.15, 0.2) is 12.1 Å². The number of hydrogen-bond donors (Lipinski definition) is 1. The lowest BCUT2D eigenvalue weighted by atomic mass is 10.1. The molecular formula is C20H22ClN5O2S. The molecule has 3 fully saturated rings. The smallest absolute Gasteiger partial charge is 0.332 e. The molecule has 29 heavy (non-hydrogen) atoms. The van der Waals surface area contributed by atoms with Gasteiger partial charge >= 0.3 is 6.03 Å². The number of urea groups is 1. The molecule has 0 spiro atoms. The lowest BCUT2D eigenvalue weighted by Gasteiger charge is -2.36. The van der Waals surface area contributed by atoms with Gasteiger partial charge in [0.1, 0.15) is 12.1 Å². The second kappa shape index (κ2) is 7.15. The zero-order valence-corrected chi connectivity index (χ0v) is 18.0. The number of rotatable bonds is 3. The Bertz CT molecular complexity index is 959. The lowest BCUT2D eigenvalue weighted by Crippen LogP contribution is -2.57. The molecule has 0 aliphatic carbocycles. The molecule has 0 aromatic heterocycles. The molecule has 0 saturated carbocycles. The number of carbonyl (C=O) groups excluding carboxylic acids is 2. The quantitative estimate of drug-likeness (QED) is 0.585. The number of piperazine rings is 1. The van der Waals surface area contributed by atoms with E-state index in [2.05, 4.69) is 24.1 Å². The molecule has 0 radical (unpaired) electrons. The van der Waals surface area contributed by atoms with Crippen molar-refractivity contribution < 1.29 is 9.59 Å². The standard InChI is InChI=1S/C20H22ClN5O2S/c1-10(2)8-23-19(29)24-9-13-6-15(24)17-18(27)26(20(28)25(13)17)14-5-4-12(7-22)16(21)11(14)3/h4-5,10,13,15,17H,6,8-9H2,1-3H3,(H,23,29)/t13?,15?,17-/m1/s1. The molecule has 2 unspecified atom stereocenters. The van der Waals surface area contributed by atoms with Gasteiger partial charge in [-0.1, -0.05) is 25.4 Å². The summed E-state index contributed by atoms with van der Waals surface area (Å²) in [6.07, 6.45) is 0.743. The molecule has 1 N–H and O–H groups in total. The van der Waals surface area contributed by atoms with E-state index in [0.717, 1.165) is 13.0 Å². The number of nitrogens with zero attached hydrogens (tertiary/aromatic N) is 4. The van der Waals surface area contributed by atoms with Crippen LogP contribution in [0.25, 0.3) is 0 Å². The minimum Gasteiger partial charge on any atom is -0.362 e. The maximum Gasteiger partial charge on any atom is 0.332 e. The molecule has 4 rings (SSSR count). The largest absolute Gasteiger partial charge is 0.362 e. The van der Waals surface area contributed by atoms with Crippen molar-refractivity contribution in [2.45, 2.75) is 45.3 Å². The van der Waals surface area contributed by atoms with Gasteiger partial charge in [-0.15, -0.1) is 0 Å². The van der Waals surface area contributed by atoms with Gasteiger partial charge in [0.25, 0.3) is 5.91 Å². The molecule has 3 amide bonds. The first-order valence-electron chi connectivity index (χ1n) is 9.66. The van der Waals surface area contributed by atoms with Crippen LogP contribution in [-0.2, 0) is 4.79 Å². The summed E-state index contributed by atoms with van der Waals surface area (Å²) < 4.78 is 0. The number of thiocarbonyl (C=S) groups is 1. The van der Waals surface area contributed by atoms with Gasteiger partial charge in [-0.25, -0.2) is 9.69 Å². The first-order chi connectivity index (χ1) is 13.8. The fourth-order valence-corrected chi connectivity index (χ4v) is 5.00. The van der Waals surface area contributed by atoms with Gasteiger partial charge in [0.15, 0.2) is 5.11 Å². The monoisotopic (exact) mass is 431 g/mol. The van der Waals surface area contributed by atoms with Crippen molar-refractivity contribution in [2.24, 2.45) is 5.92 Å². The summed E-state index contributed by atoms with van der Waals surface area (Å²) in [5, 5.41) is 13.3. The molecule has 3 saturated heterocycles. The Labute approximate surface area is 180 Å². The van der Waals surface area contributed by atoms with Crippen LogP contribution in [-0.4, -0.2) is 58.1 Å². The van der Waals surface area contributed by atoms with Gasteiger partial charge in [-0.05, 0) is 49.2 Å². The summed E-state index contributed by atoms with van der Waals surface area (Å²) >= 11 is 11.8. The summed E-state index contributed by atoms with van der Waals surface area (Å²) in [5.41, 5.74) is 1.30. The van der Waals surface area contributed by atoms with Crippen LogP contribution in [0.1, 0.15) is 31.4 Å². The van der Waals surface area contributed by atoms with Crippen molar-refractivity contribution in [2.75, 3.05) is 18.0 Å². The van der Waals surface area contributed by atoms with Crippen LogP contribution >= 0.6 is 23.8 Å². The Hall–Kier alpha value is -2.37. The normalized spacial score (nSPS) is 25.1. The minimum atomic E-state index is -0.547. The highest BCUT2D eigenvalue weighted by atomic mass is 35.5. The predicted molar refractivity (Wildman–Crippen MR) is 114 cm³/mol. The summed E-state index contributed by atoms with van der Waals surface area (Å²) in [6.45, 7) is 7.33. The number of amides is 3. The maximum absolute atomic E-state index is 13.3. The highest BCUT2D eigenvalue weighted by Gasteiger charge is 2.62. The van der Waals surface area contributed by atoms with Crippen molar-refractivity contribution in [3.05, 3.63) is 28.3 Å². The van der Waals surface area contributed by atoms with E-state index < -0.39 is 6.04 Å². The Balaban J connectivity index is 1.61. The number of imide groups is 1. The van der Waals surface area contributed by atoms with E-state index in [4.69, 9.17) is 29.1 Å². The number of benzene rings is 1. The van der Waals surface area contributed by atoms with E-state index in [-0.39, 0.29) is 29.0 Å². The van der Waals surface area contributed by atoms with Crippen molar-refractivity contribution in [3.63, 3.8) is 0 Å². The lowest BCUT2D eigenvalue weighted by molar-refractivity contribution is -0.120. The third-order valence-corrected chi connectivity index (χ3v) is 6.77. The molecule has 3 heterocycles. The first-order valence-corrected chi connectivity index (χ1v) is 10.4. The Morgan fingerprint density at radius 1 is 1.41 bits per heavy atom. The molecule has 3 aliphatic heterocycles. The van der Waals surface area contributed by atoms with Crippen molar-refractivity contribution in [1.82, 2.24) is 15.1 Å². The third-order valence-electron chi connectivity index (χ3n) is 5.91. The Morgan fingerprint density at radius 3 is 2.79 bits per heavy atom. The molecule has 152 valence electrons. The predicted octanol–water partition coefficient (Wildman–Crippen LogP) is 2.64. The van der Waals surface area contributed by atoms with E-state index in [1.165, 1.54) is 4.90 Å². The van der Waals surface area contributed by atoms with Crippen LogP contribution in [0.2, 0.25) is 5.02 Å². The fraction of sp³-hybridized carbons (Fsp3) is 0.500. The zero-order valence-electron chi connectivity index (χ0n) is 16.5. The Kier molecular flexibility index (Phi) is 4.91. The van der Waals surface area contributed by atoms with E-state index in [1.807, 2.05) is 6.07 Å². The van der Waals surface area contributed by atoms with Crippen LogP contribution in [0, 0.1) is 24.2 Å². The molecule has 3 aliphatic rings. The number of fused-ring (bicyclic) bond motifs is 5. The molecule has 3 atom stereocenters. The van der Waals surface area contributed by atoms with Crippen molar-refractivity contribution in [3.8, 4) is 6.07 Å². The molecule has 1 aromatic carbocycles. The number of nitriles is 1. The van der Waals surface area contributed by atoms with Gasteiger partial charge in [0, 0.05) is 13.1 Å². The van der Waals surface area contributed by atoms with Crippen molar-refractivity contribution >= 4 is 46.6 Å². The van der Waals surface area contributed by atoms with Crippen LogP contribution < -0.4 is 10.2 Å². The average Bonchev–Trinajstić information content (AvgIpc) is 3.34. The van der Waals surface area contributed by atoms with E-state index in [1.54, 1.807) is 24.0 Å². The molecule has 9 heteroatoms. The zero-order chi connectivity index (χ0) is 21.0.